The number of hydrogen-bond donors (Lipinski definition) is 1. The van der Waals surface area contributed by atoms with Crippen molar-refractivity contribution in [2.45, 2.75) is 89.9 Å². The van der Waals surface area contributed by atoms with Gasteiger partial charge in [-0.3, -0.25) is 4.79 Å². The third kappa shape index (κ3) is 19.2. The Morgan fingerprint density at radius 1 is 0.773 bits per heavy atom. The number of carboxylic acids is 1. The average molecular weight is 311 g/mol. The van der Waals surface area contributed by atoms with Crippen molar-refractivity contribution in [1.29, 1.82) is 0 Å². The summed E-state index contributed by atoms with van der Waals surface area (Å²) in [5.74, 6) is -0.671. The maximum atomic E-state index is 10.3. The fourth-order valence-corrected chi connectivity index (χ4v) is 2.48. The van der Waals surface area contributed by atoms with Gasteiger partial charge in [-0.2, -0.15) is 0 Å². The summed E-state index contributed by atoms with van der Waals surface area (Å²) < 4.78 is 4.79. The predicted octanol–water partition coefficient (Wildman–Crippen LogP) is 5.90. The largest absolute Gasteiger partial charge is 0.481 e. The van der Waals surface area contributed by atoms with Crippen LogP contribution in [0.2, 0.25) is 0 Å². The minimum atomic E-state index is -0.671. The van der Waals surface area contributed by atoms with Crippen molar-refractivity contribution in [3.05, 3.63) is 19.3 Å². The molecule has 0 saturated heterocycles. The predicted molar refractivity (Wildman–Crippen MR) is 92.7 cm³/mol. The second kappa shape index (κ2) is 18.2. The quantitative estimate of drug-likeness (QED) is 0.269. The van der Waals surface area contributed by atoms with E-state index in [2.05, 4.69) is 19.3 Å². The number of unbranched alkanes of at least 4 members (excludes halogenated alkanes) is 11. The van der Waals surface area contributed by atoms with Crippen LogP contribution in [-0.2, 0) is 9.53 Å². The fourth-order valence-electron chi connectivity index (χ4n) is 2.48. The molecule has 1 radical (unpaired) electrons. The molecule has 0 fully saturated rings. The van der Waals surface area contributed by atoms with Crippen LogP contribution < -0.4 is 0 Å². The van der Waals surface area contributed by atoms with Crippen molar-refractivity contribution in [2.24, 2.45) is 0 Å². The molecule has 129 valence electrons. The first kappa shape index (κ1) is 21.2. The first-order chi connectivity index (χ1) is 10.8. The first-order valence-electron chi connectivity index (χ1n) is 9.01. The van der Waals surface area contributed by atoms with Crippen LogP contribution >= 0.6 is 0 Å². The van der Waals surface area contributed by atoms with Crippen molar-refractivity contribution in [3.63, 3.8) is 0 Å². The first-order valence-corrected chi connectivity index (χ1v) is 9.01. The standard InChI is InChI=1S/C19H35O3/c1-22-18-16-14-12-10-8-6-4-2-3-5-7-9-11-13-15-17-19(20)21/h2-3H,1,4-18H2,(H,20,21)/b3-2-. The van der Waals surface area contributed by atoms with Crippen molar-refractivity contribution in [2.75, 3.05) is 6.61 Å². The fraction of sp³-hybridized carbons (Fsp3) is 0.789. The molecule has 0 amide bonds. The monoisotopic (exact) mass is 311 g/mol. The van der Waals surface area contributed by atoms with Crippen LogP contribution in [0, 0.1) is 7.11 Å². The number of allylic oxidation sites excluding steroid dienone is 2. The molecule has 0 aliphatic rings. The van der Waals surface area contributed by atoms with Crippen LogP contribution in [0.3, 0.4) is 0 Å². The van der Waals surface area contributed by atoms with Gasteiger partial charge in [-0.25, -0.2) is 0 Å². The third-order valence-electron chi connectivity index (χ3n) is 3.84. The minimum absolute atomic E-state index is 0.323. The normalized spacial score (nSPS) is 11.3. The number of ether oxygens (including phenoxy) is 1. The van der Waals surface area contributed by atoms with E-state index >= 15 is 0 Å². The molecule has 0 unspecified atom stereocenters. The summed E-state index contributed by atoms with van der Waals surface area (Å²) in [5, 5.41) is 8.52. The zero-order chi connectivity index (χ0) is 16.3. The molecule has 0 aliphatic heterocycles. The molecule has 3 nitrogen and oxygen atoms in total. The van der Waals surface area contributed by atoms with Crippen LogP contribution in [0.1, 0.15) is 89.9 Å². The van der Waals surface area contributed by atoms with Crippen molar-refractivity contribution >= 4 is 5.97 Å². The van der Waals surface area contributed by atoms with E-state index in [1.54, 1.807) is 0 Å². The molecule has 0 aliphatic carbocycles. The van der Waals surface area contributed by atoms with Crippen molar-refractivity contribution in [1.82, 2.24) is 0 Å². The van der Waals surface area contributed by atoms with Crippen LogP contribution in [0.5, 0.6) is 0 Å². The molecular weight excluding hydrogens is 276 g/mol. The van der Waals surface area contributed by atoms with Gasteiger partial charge in [0.05, 0.1) is 7.11 Å². The second-order valence-electron chi connectivity index (χ2n) is 5.99. The summed E-state index contributed by atoms with van der Waals surface area (Å²) in [4.78, 5) is 10.3. The van der Waals surface area contributed by atoms with Gasteiger partial charge >= 0.3 is 5.97 Å². The molecule has 0 saturated carbocycles. The number of carboxylic acid groups (broad SMARTS) is 1. The zero-order valence-electron chi connectivity index (χ0n) is 14.2. The Bertz CT molecular complexity index is 261. The Hall–Kier alpha value is -0.830. The van der Waals surface area contributed by atoms with E-state index in [4.69, 9.17) is 9.84 Å². The lowest BCUT2D eigenvalue weighted by Gasteiger charge is -2.00. The van der Waals surface area contributed by atoms with Crippen LogP contribution in [0.4, 0.5) is 0 Å². The lowest BCUT2D eigenvalue weighted by atomic mass is 10.1. The van der Waals surface area contributed by atoms with Gasteiger partial charge in [0.15, 0.2) is 0 Å². The number of carbonyl (C=O) groups is 1. The highest BCUT2D eigenvalue weighted by Gasteiger charge is 1.95. The highest BCUT2D eigenvalue weighted by atomic mass is 16.5. The molecule has 1 N–H and O–H groups in total. The van der Waals surface area contributed by atoms with E-state index in [-0.39, 0.29) is 0 Å². The van der Waals surface area contributed by atoms with Crippen LogP contribution in [0.15, 0.2) is 12.2 Å². The summed E-state index contributed by atoms with van der Waals surface area (Å²) >= 11 is 0. The molecule has 3 heteroatoms. The number of rotatable bonds is 17. The van der Waals surface area contributed by atoms with E-state index in [1.807, 2.05) is 0 Å². The molecule has 0 aromatic rings. The van der Waals surface area contributed by atoms with Crippen molar-refractivity contribution < 1.29 is 14.6 Å². The van der Waals surface area contributed by atoms with Gasteiger partial charge in [-0.1, -0.05) is 57.1 Å². The summed E-state index contributed by atoms with van der Waals surface area (Å²) in [6, 6.07) is 0. The summed E-state index contributed by atoms with van der Waals surface area (Å²) in [6.45, 7) is 0.794. The SMILES string of the molecule is [CH2]OCCCCCCCC/C=C\CCCCCCCC(=O)O. The summed E-state index contributed by atoms with van der Waals surface area (Å²) in [7, 11) is 3.37. The van der Waals surface area contributed by atoms with Gasteiger partial charge in [0, 0.05) is 13.0 Å². The second-order valence-corrected chi connectivity index (χ2v) is 5.99. The van der Waals surface area contributed by atoms with Crippen LogP contribution in [0.25, 0.3) is 0 Å². The zero-order valence-corrected chi connectivity index (χ0v) is 14.2. The van der Waals surface area contributed by atoms with Gasteiger partial charge in [0.25, 0.3) is 0 Å². The van der Waals surface area contributed by atoms with E-state index in [9.17, 15) is 4.79 Å². The van der Waals surface area contributed by atoms with Gasteiger partial charge < -0.3 is 9.84 Å². The highest BCUT2D eigenvalue weighted by Crippen LogP contribution is 2.10. The minimum Gasteiger partial charge on any atom is -0.481 e. The molecule has 0 atom stereocenters. The lowest BCUT2D eigenvalue weighted by molar-refractivity contribution is -0.137. The topological polar surface area (TPSA) is 46.5 Å². The maximum absolute atomic E-state index is 10.3. The number of hydrogen-bond acceptors (Lipinski definition) is 2. The third-order valence-corrected chi connectivity index (χ3v) is 3.84. The van der Waals surface area contributed by atoms with Crippen molar-refractivity contribution in [3.8, 4) is 0 Å². The lowest BCUT2D eigenvalue weighted by Crippen LogP contribution is -1.93. The molecule has 0 heterocycles. The molecule has 0 rings (SSSR count). The maximum Gasteiger partial charge on any atom is 0.303 e. The average Bonchev–Trinajstić information content (AvgIpc) is 2.50. The molecule has 22 heavy (non-hydrogen) atoms. The van der Waals surface area contributed by atoms with E-state index < -0.39 is 5.97 Å². The van der Waals surface area contributed by atoms with E-state index in [0.29, 0.717) is 6.42 Å². The smallest absolute Gasteiger partial charge is 0.303 e. The Kier molecular flexibility index (Phi) is 17.5. The van der Waals surface area contributed by atoms with Gasteiger partial charge in [0.2, 0.25) is 0 Å². The Labute approximate surface area is 137 Å². The van der Waals surface area contributed by atoms with E-state index in [1.165, 1.54) is 64.2 Å². The Morgan fingerprint density at radius 2 is 1.23 bits per heavy atom. The van der Waals surface area contributed by atoms with Crippen LogP contribution in [-0.4, -0.2) is 17.7 Å². The molecule has 0 bridgehead atoms. The summed E-state index contributed by atoms with van der Waals surface area (Å²) in [5.41, 5.74) is 0. The van der Waals surface area contributed by atoms with E-state index in [0.717, 1.165) is 25.9 Å². The Morgan fingerprint density at radius 3 is 1.73 bits per heavy atom. The molecule has 0 aromatic carbocycles. The highest BCUT2D eigenvalue weighted by molar-refractivity contribution is 5.66. The van der Waals surface area contributed by atoms with Gasteiger partial charge in [0.1, 0.15) is 0 Å². The molecule has 0 spiro atoms. The molecular formula is C19H35O3. The van der Waals surface area contributed by atoms with Gasteiger partial charge in [-0.15, -0.1) is 0 Å². The van der Waals surface area contributed by atoms with Gasteiger partial charge in [-0.05, 0) is 38.5 Å². The summed E-state index contributed by atoms with van der Waals surface area (Å²) in [6.07, 6.45) is 20.5. The number of aliphatic carboxylic acids is 1. The molecule has 0 aromatic heterocycles. The Balaban J connectivity index is 3.07.